The van der Waals surface area contributed by atoms with Crippen molar-refractivity contribution in [3.63, 3.8) is 0 Å². The number of aromatic nitrogens is 1. The van der Waals surface area contributed by atoms with E-state index >= 15 is 0 Å². The number of fused-ring (bicyclic) bond motifs is 6. The summed E-state index contributed by atoms with van der Waals surface area (Å²) in [5.41, 5.74) is 14.0. The number of hydrogen-bond acceptors (Lipinski definition) is 2. The molecule has 3 nitrogen and oxygen atoms in total. The van der Waals surface area contributed by atoms with Crippen molar-refractivity contribution >= 4 is 33.2 Å². The van der Waals surface area contributed by atoms with Crippen LogP contribution in [0.2, 0.25) is 0 Å². The van der Waals surface area contributed by atoms with Gasteiger partial charge in [0, 0.05) is 50.8 Å². The first-order valence-electron chi connectivity index (χ1n) is 18.3. The molecule has 1 aliphatic heterocycles. The van der Waals surface area contributed by atoms with E-state index in [2.05, 4.69) is 190 Å². The molecule has 2 unspecified atom stereocenters. The zero-order valence-electron chi connectivity index (χ0n) is 28.6. The van der Waals surface area contributed by atoms with Gasteiger partial charge in [0.1, 0.15) is 0 Å². The predicted octanol–water partition coefficient (Wildman–Crippen LogP) is 12.1. The molecule has 3 heteroatoms. The molecule has 3 aliphatic carbocycles. The van der Waals surface area contributed by atoms with Crippen LogP contribution in [-0.4, -0.2) is 10.6 Å². The molecule has 0 spiro atoms. The van der Waals surface area contributed by atoms with Gasteiger partial charge in [0.15, 0.2) is 0 Å². The van der Waals surface area contributed by atoms with Gasteiger partial charge in [-0.25, -0.2) is 0 Å². The molecule has 51 heavy (non-hydrogen) atoms. The number of benzene rings is 5. The Labute approximate surface area is 299 Å². The Bertz CT molecular complexity index is 2410. The molecule has 1 aromatic heterocycles. The van der Waals surface area contributed by atoms with Crippen molar-refractivity contribution in [1.29, 1.82) is 0 Å². The molecule has 0 N–H and O–H groups in total. The third-order valence-electron chi connectivity index (χ3n) is 11.0. The first-order chi connectivity index (χ1) is 25.3. The molecule has 5 aromatic carbocycles. The molecule has 10 rings (SSSR count). The van der Waals surface area contributed by atoms with Crippen molar-refractivity contribution in [2.45, 2.75) is 31.7 Å². The van der Waals surface area contributed by atoms with Crippen molar-refractivity contribution < 1.29 is 0 Å². The monoisotopic (exact) mass is 657 g/mol. The zero-order valence-corrected chi connectivity index (χ0v) is 28.6. The Morgan fingerprint density at radius 1 is 0.588 bits per heavy atom. The average Bonchev–Trinajstić information content (AvgIpc) is 3.72. The van der Waals surface area contributed by atoms with Crippen LogP contribution in [0.1, 0.15) is 25.7 Å². The van der Waals surface area contributed by atoms with E-state index in [9.17, 15) is 0 Å². The minimum atomic E-state index is 0.177. The van der Waals surface area contributed by atoms with Crippen LogP contribution >= 0.6 is 0 Å². The maximum atomic E-state index is 2.57. The number of anilines is 2. The lowest BCUT2D eigenvalue weighted by Crippen LogP contribution is -2.35. The molecular formula is C48H39N3. The number of nitrogens with zero attached hydrogens (tertiary/aromatic N) is 3. The summed E-state index contributed by atoms with van der Waals surface area (Å²) < 4.78 is 2.40. The van der Waals surface area contributed by atoms with E-state index in [0.717, 1.165) is 25.7 Å². The summed E-state index contributed by atoms with van der Waals surface area (Å²) in [7, 11) is 0. The lowest BCUT2D eigenvalue weighted by Gasteiger charge is -2.36. The third kappa shape index (κ3) is 5.03. The largest absolute Gasteiger partial charge is 0.334 e. The van der Waals surface area contributed by atoms with Gasteiger partial charge in [0.2, 0.25) is 0 Å². The molecule has 1 saturated heterocycles. The van der Waals surface area contributed by atoms with Crippen molar-refractivity contribution in [3.8, 4) is 16.8 Å². The van der Waals surface area contributed by atoms with Crippen LogP contribution in [0.3, 0.4) is 0 Å². The quantitative estimate of drug-likeness (QED) is 0.177. The van der Waals surface area contributed by atoms with Gasteiger partial charge in [-0.2, -0.15) is 0 Å². The molecule has 246 valence electrons. The fourth-order valence-corrected chi connectivity index (χ4v) is 8.67. The van der Waals surface area contributed by atoms with E-state index < -0.39 is 0 Å². The molecule has 4 aliphatic rings. The minimum absolute atomic E-state index is 0.177. The fourth-order valence-electron chi connectivity index (χ4n) is 8.67. The molecule has 0 radical (unpaired) electrons. The van der Waals surface area contributed by atoms with E-state index in [4.69, 9.17) is 0 Å². The maximum absolute atomic E-state index is 2.57. The average molecular weight is 658 g/mol. The van der Waals surface area contributed by atoms with Crippen LogP contribution in [0.25, 0.3) is 38.6 Å². The van der Waals surface area contributed by atoms with Gasteiger partial charge in [-0.3, -0.25) is 0 Å². The molecule has 2 heterocycles. The highest BCUT2D eigenvalue weighted by Crippen LogP contribution is 2.49. The van der Waals surface area contributed by atoms with E-state index in [1.165, 1.54) is 72.7 Å². The standard InChI is InChI=1S/C48H39N3/c1-3-13-34(14-4-1)35-23-25-38(26-24-35)51-47-22-12-9-19-43(47)44-32-31-40(33-48(44)51)49(36-15-5-2-6-16-36)37-27-29-39(30-28-37)50-45-20-10-7-17-41(45)42-18-8-11-21-46(42)50/h1,3-5,7-18,20-30,32-33,40,43H,2,6,19,31H2. The Morgan fingerprint density at radius 2 is 1.27 bits per heavy atom. The van der Waals surface area contributed by atoms with Crippen molar-refractivity contribution in [2.24, 2.45) is 5.92 Å². The topological polar surface area (TPSA) is 11.4 Å². The molecule has 2 atom stereocenters. The summed E-state index contributed by atoms with van der Waals surface area (Å²) in [5.74, 6) is 0.392. The van der Waals surface area contributed by atoms with E-state index in [1.807, 2.05) is 0 Å². The van der Waals surface area contributed by atoms with Gasteiger partial charge in [0.05, 0.1) is 17.1 Å². The maximum Gasteiger partial charge on any atom is 0.0579 e. The van der Waals surface area contributed by atoms with Crippen LogP contribution in [0.5, 0.6) is 0 Å². The van der Waals surface area contributed by atoms with Crippen molar-refractivity contribution in [3.05, 3.63) is 199 Å². The summed E-state index contributed by atoms with van der Waals surface area (Å²) in [6.07, 6.45) is 23.2. The van der Waals surface area contributed by atoms with Crippen LogP contribution in [0.4, 0.5) is 11.4 Å². The smallest absolute Gasteiger partial charge is 0.0579 e. The van der Waals surface area contributed by atoms with Crippen molar-refractivity contribution in [1.82, 2.24) is 4.57 Å². The molecule has 6 aromatic rings. The molecule has 0 saturated carbocycles. The second-order valence-electron chi connectivity index (χ2n) is 13.9. The molecular weight excluding hydrogens is 619 g/mol. The van der Waals surface area contributed by atoms with Gasteiger partial charge >= 0.3 is 0 Å². The van der Waals surface area contributed by atoms with Crippen molar-refractivity contribution in [2.75, 3.05) is 9.80 Å². The Morgan fingerprint density at radius 3 is 2.00 bits per heavy atom. The van der Waals surface area contributed by atoms with Crippen LogP contribution < -0.4 is 9.80 Å². The Hall–Kier alpha value is -6.06. The lowest BCUT2D eigenvalue weighted by atomic mass is 9.87. The highest BCUT2D eigenvalue weighted by Gasteiger charge is 2.40. The summed E-state index contributed by atoms with van der Waals surface area (Å²) in [6.45, 7) is 0. The van der Waals surface area contributed by atoms with E-state index in [1.54, 1.807) is 0 Å². The molecule has 0 amide bonds. The molecule has 1 fully saturated rings. The third-order valence-corrected chi connectivity index (χ3v) is 11.0. The predicted molar refractivity (Wildman–Crippen MR) is 214 cm³/mol. The SMILES string of the molecule is C1=CCC2C3=CCC(N(C4=CCCC=C4)c4ccc(-n5c6ccccc6c6ccccc65)cc4)C=C3N(c3ccc(-c4ccccc4)cc3)C2=C1. The number of para-hydroxylation sites is 2. The van der Waals surface area contributed by atoms with Crippen LogP contribution in [0.15, 0.2) is 199 Å². The Kier molecular flexibility index (Phi) is 7.23. The normalized spacial score (nSPS) is 19.3. The summed E-state index contributed by atoms with van der Waals surface area (Å²) >= 11 is 0. The van der Waals surface area contributed by atoms with E-state index in [-0.39, 0.29) is 6.04 Å². The van der Waals surface area contributed by atoms with Gasteiger partial charge in [-0.1, -0.05) is 109 Å². The van der Waals surface area contributed by atoms with Gasteiger partial charge in [-0.15, -0.1) is 0 Å². The van der Waals surface area contributed by atoms with Gasteiger partial charge in [-0.05, 0) is 109 Å². The summed E-state index contributed by atoms with van der Waals surface area (Å²) in [4.78, 5) is 5.09. The first kappa shape index (κ1) is 29.8. The first-order valence-corrected chi connectivity index (χ1v) is 18.3. The Balaban J connectivity index is 1.04. The van der Waals surface area contributed by atoms with Crippen LogP contribution in [0, 0.1) is 5.92 Å². The summed E-state index contributed by atoms with van der Waals surface area (Å²) in [5, 5.41) is 2.57. The van der Waals surface area contributed by atoms with Crippen LogP contribution in [-0.2, 0) is 0 Å². The zero-order chi connectivity index (χ0) is 33.7. The fraction of sp³-hybridized carbons (Fsp3) is 0.125. The second-order valence-corrected chi connectivity index (χ2v) is 13.9. The number of rotatable bonds is 6. The summed E-state index contributed by atoms with van der Waals surface area (Å²) in [6, 6.07) is 46.7. The van der Waals surface area contributed by atoms with Gasteiger partial charge in [0.25, 0.3) is 0 Å². The highest BCUT2D eigenvalue weighted by molar-refractivity contribution is 6.09. The lowest BCUT2D eigenvalue weighted by molar-refractivity contribution is 0.717. The highest BCUT2D eigenvalue weighted by atomic mass is 15.2. The minimum Gasteiger partial charge on any atom is -0.334 e. The van der Waals surface area contributed by atoms with Gasteiger partial charge < -0.3 is 14.4 Å². The number of hydrogen-bond donors (Lipinski definition) is 0. The molecule has 0 bridgehead atoms. The van der Waals surface area contributed by atoms with E-state index in [0.29, 0.717) is 5.92 Å². The second kappa shape index (κ2) is 12.4. The number of allylic oxidation sites excluding steroid dienone is 8.